The number of aliphatic carboxylic acids is 1. The van der Waals surface area contributed by atoms with Crippen LogP contribution in [0.25, 0.3) is 12.2 Å². The van der Waals surface area contributed by atoms with Crippen molar-refractivity contribution in [3.63, 3.8) is 0 Å². The number of hydrogen-bond acceptors (Lipinski definition) is 5. The average molecular weight is 502 g/mol. The van der Waals surface area contributed by atoms with Crippen molar-refractivity contribution in [3.05, 3.63) is 113 Å². The summed E-state index contributed by atoms with van der Waals surface area (Å²) in [6.07, 6.45) is 5.82. The molecule has 7 heteroatoms. The van der Waals surface area contributed by atoms with Gasteiger partial charge < -0.3 is 9.84 Å². The van der Waals surface area contributed by atoms with Crippen LogP contribution in [0.2, 0.25) is 0 Å². The number of thiocarbonyl (C=S) groups is 1. The fourth-order valence-corrected chi connectivity index (χ4v) is 4.97. The second-order valence-corrected chi connectivity index (χ2v) is 9.47. The number of carbonyl (C=O) groups excluding carboxylic acids is 1. The molecule has 1 saturated heterocycles. The van der Waals surface area contributed by atoms with Gasteiger partial charge in [-0.15, -0.1) is 0 Å². The molecule has 1 atom stereocenters. The monoisotopic (exact) mass is 501 g/mol. The molecule has 4 rings (SSSR count). The molecule has 3 aromatic rings. The van der Waals surface area contributed by atoms with E-state index in [1.807, 2.05) is 97.1 Å². The Bertz CT molecular complexity index is 1270. The van der Waals surface area contributed by atoms with E-state index in [9.17, 15) is 14.7 Å². The second kappa shape index (κ2) is 11.6. The molecule has 3 aromatic carbocycles. The lowest BCUT2D eigenvalue weighted by atomic mass is 10.0. The number of ether oxygens (including phenoxy) is 1. The zero-order chi connectivity index (χ0) is 24.6. The van der Waals surface area contributed by atoms with Crippen LogP contribution in [0.5, 0.6) is 5.75 Å². The standard InChI is InChI=1S/C28H23NO4S2/c30-26-25(35-28(34)29(26)24(27(31)32)18-21-11-5-2-6-12-21)19-22-13-7-15-23(17-22)33-16-8-14-20-9-3-1-4-10-20/h1-15,17,19,24H,16,18H2,(H,31,32)/b14-8-,25-19-/t24-/m0/s1. The highest BCUT2D eigenvalue weighted by Crippen LogP contribution is 2.35. The predicted octanol–water partition coefficient (Wildman–Crippen LogP) is 5.68. The summed E-state index contributed by atoms with van der Waals surface area (Å²) in [6.45, 7) is 0.403. The van der Waals surface area contributed by atoms with Gasteiger partial charge in [0.25, 0.3) is 5.91 Å². The van der Waals surface area contributed by atoms with E-state index in [1.165, 1.54) is 4.90 Å². The highest BCUT2D eigenvalue weighted by atomic mass is 32.2. The fourth-order valence-electron chi connectivity index (χ4n) is 3.61. The summed E-state index contributed by atoms with van der Waals surface area (Å²) < 4.78 is 6.06. The summed E-state index contributed by atoms with van der Waals surface area (Å²) in [7, 11) is 0. The zero-order valence-corrected chi connectivity index (χ0v) is 20.4. The molecule has 1 aliphatic rings. The first-order valence-electron chi connectivity index (χ1n) is 11.0. The summed E-state index contributed by atoms with van der Waals surface area (Å²) in [5.41, 5.74) is 2.69. The molecule has 0 radical (unpaired) electrons. The van der Waals surface area contributed by atoms with E-state index in [1.54, 1.807) is 6.08 Å². The Morgan fingerprint density at radius 2 is 1.69 bits per heavy atom. The zero-order valence-electron chi connectivity index (χ0n) is 18.7. The largest absolute Gasteiger partial charge is 0.490 e. The van der Waals surface area contributed by atoms with E-state index in [4.69, 9.17) is 17.0 Å². The van der Waals surface area contributed by atoms with Crippen LogP contribution in [0.3, 0.4) is 0 Å². The maximum atomic E-state index is 13.1. The van der Waals surface area contributed by atoms with Crippen molar-refractivity contribution < 1.29 is 19.4 Å². The lowest BCUT2D eigenvalue weighted by Crippen LogP contribution is -2.45. The Morgan fingerprint density at radius 1 is 1.00 bits per heavy atom. The van der Waals surface area contributed by atoms with E-state index in [0.717, 1.165) is 28.5 Å². The van der Waals surface area contributed by atoms with Crippen molar-refractivity contribution in [1.29, 1.82) is 0 Å². The Morgan fingerprint density at radius 3 is 2.40 bits per heavy atom. The molecule has 0 saturated carbocycles. The number of thioether (sulfide) groups is 1. The molecule has 5 nitrogen and oxygen atoms in total. The number of benzene rings is 3. The molecule has 0 unspecified atom stereocenters. The lowest BCUT2D eigenvalue weighted by molar-refractivity contribution is -0.145. The maximum Gasteiger partial charge on any atom is 0.327 e. The van der Waals surface area contributed by atoms with Crippen molar-refractivity contribution in [2.24, 2.45) is 0 Å². The first-order valence-corrected chi connectivity index (χ1v) is 12.2. The molecule has 0 aromatic heterocycles. The Balaban J connectivity index is 1.45. The van der Waals surface area contributed by atoms with Gasteiger partial charge in [0.15, 0.2) is 0 Å². The molecule has 35 heavy (non-hydrogen) atoms. The lowest BCUT2D eigenvalue weighted by Gasteiger charge is -2.23. The minimum absolute atomic E-state index is 0.176. The average Bonchev–Trinajstić information content (AvgIpc) is 3.14. The maximum absolute atomic E-state index is 13.1. The third kappa shape index (κ3) is 6.47. The first-order chi connectivity index (χ1) is 17.0. The number of carboxylic acids is 1. The van der Waals surface area contributed by atoms with Gasteiger partial charge in [0.1, 0.15) is 22.7 Å². The fraction of sp³-hybridized carbons (Fsp3) is 0.107. The molecule has 1 aliphatic heterocycles. The molecular weight excluding hydrogens is 478 g/mol. The van der Waals surface area contributed by atoms with E-state index in [2.05, 4.69) is 0 Å². The highest BCUT2D eigenvalue weighted by molar-refractivity contribution is 8.26. The number of hydrogen-bond donors (Lipinski definition) is 1. The molecule has 1 N–H and O–H groups in total. The predicted molar refractivity (Wildman–Crippen MR) is 144 cm³/mol. The molecule has 0 bridgehead atoms. The number of rotatable bonds is 9. The third-order valence-corrected chi connectivity index (χ3v) is 6.63. The van der Waals surface area contributed by atoms with Gasteiger partial charge in [-0.2, -0.15) is 0 Å². The van der Waals surface area contributed by atoms with Crippen LogP contribution in [-0.2, 0) is 16.0 Å². The normalized spacial score (nSPS) is 15.7. The van der Waals surface area contributed by atoms with E-state index in [-0.39, 0.29) is 10.7 Å². The van der Waals surface area contributed by atoms with Gasteiger partial charge in [-0.05, 0) is 41.0 Å². The molecule has 1 amide bonds. The van der Waals surface area contributed by atoms with Crippen LogP contribution >= 0.6 is 24.0 Å². The van der Waals surface area contributed by atoms with Gasteiger partial charge in [0.05, 0.1) is 4.91 Å². The first kappa shape index (κ1) is 24.4. The molecule has 0 aliphatic carbocycles. The van der Waals surface area contributed by atoms with Crippen LogP contribution < -0.4 is 4.74 Å². The van der Waals surface area contributed by atoms with Gasteiger partial charge in [0.2, 0.25) is 0 Å². The Kier molecular flexibility index (Phi) is 8.13. The summed E-state index contributed by atoms with van der Waals surface area (Å²) in [6, 6.07) is 25.5. The second-order valence-electron chi connectivity index (χ2n) is 7.79. The SMILES string of the molecule is O=C(O)[C@H](Cc1ccccc1)N1C(=O)/C(=C/c2cccc(OC/C=C\c3ccccc3)c2)SC1=S. The smallest absolute Gasteiger partial charge is 0.327 e. The molecule has 1 fully saturated rings. The van der Waals surface area contributed by atoms with Gasteiger partial charge in [-0.3, -0.25) is 9.69 Å². The number of amides is 1. The van der Waals surface area contributed by atoms with Crippen molar-refractivity contribution >= 4 is 52.3 Å². The van der Waals surface area contributed by atoms with Gasteiger partial charge in [-0.25, -0.2) is 4.79 Å². The minimum atomic E-state index is -1.09. The molecule has 176 valence electrons. The van der Waals surface area contributed by atoms with Crippen molar-refractivity contribution in [3.8, 4) is 5.75 Å². The molecule has 1 heterocycles. The topological polar surface area (TPSA) is 66.8 Å². The van der Waals surface area contributed by atoms with E-state index in [0.29, 0.717) is 17.3 Å². The molecular formula is C28H23NO4S2. The highest BCUT2D eigenvalue weighted by Gasteiger charge is 2.40. The summed E-state index contributed by atoms with van der Waals surface area (Å²) in [4.78, 5) is 26.7. The van der Waals surface area contributed by atoms with Crippen molar-refractivity contribution in [2.75, 3.05) is 6.61 Å². The molecule has 0 spiro atoms. The van der Waals surface area contributed by atoms with E-state index >= 15 is 0 Å². The van der Waals surface area contributed by atoms with Crippen LogP contribution in [0, 0.1) is 0 Å². The van der Waals surface area contributed by atoms with E-state index < -0.39 is 17.9 Å². The Hall–Kier alpha value is -3.68. The number of carboxylic acid groups (broad SMARTS) is 1. The summed E-state index contributed by atoms with van der Waals surface area (Å²) in [5.74, 6) is -0.828. The van der Waals surface area contributed by atoms with Gasteiger partial charge >= 0.3 is 5.97 Å². The number of carbonyl (C=O) groups is 2. The van der Waals surface area contributed by atoms with Crippen molar-refractivity contribution in [2.45, 2.75) is 12.5 Å². The van der Waals surface area contributed by atoms with Gasteiger partial charge in [0, 0.05) is 6.42 Å². The number of nitrogens with zero attached hydrogens (tertiary/aromatic N) is 1. The Labute approximate surface area is 213 Å². The van der Waals surface area contributed by atoms with Crippen LogP contribution in [0.15, 0.2) is 95.9 Å². The quantitative estimate of drug-likeness (QED) is 0.301. The van der Waals surface area contributed by atoms with Gasteiger partial charge in [-0.1, -0.05) is 103 Å². The van der Waals surface area contributed by atoms with Crippen molar-refractivity contribution in [1.82, 2.24) is 4.90 Å². The van der Waals surface area contributed by atoms with Crippen LogP contribution in [0.1, 0.15) is 16.7 Å². The van der Waals surface area contributed by atoms with Crippen LogP contribution in [-0.4, -0.2) is 38.9 Å². The minimum Gasteiger partial charge on any atom is -0.490 e. The van der Waals surface area contributed by atoms with Crippen LogP contribution in [0.4, 0.5) is 0 Å². The summed E-state index contributed by atoms with van der Waals surface area (Å²) >= 11 is 6.50. The third-order valence-electron chi connectivity index (χ3n) is 5.30. The summed E-state index contributed by atoms with van der Waals surface area (Å²) in [5, 5.41) is 9.81.